The number of hydrogen-bond acceptors (Lipinski definition) is 8. The Bertz CT molecular complexity index is 2420. The van der Waals surface area contributed by atoms with Crippen molar-refractivity contribution in [3.05, 3.63) is 207 Å². The molecule has 0 saturated heterocycles. The lowest BCUT2D eigenvalue weighted by molar-refractivity contribution is -0.870. The predicted octanol–water partition coefficient (Wildman–Crippen LogP) is 24.9. The van der Waals surface area contributed by atoms with Gasteiger partial charge in [0.1, 0.15) is 13.2 Å². The third-order valence-electron chi connectivity index (χ3n) is 16.5. The molecule has 2 unspecified atom stereocenters. The quantitative estimate of drug-likeness (QED) is 0.0195. The molecular weight excluding hydrogens is 1250 g/mol. The molecule has 0 aromatic carbocycles. The van der Waals surface area contributed by atoms with Crippen LogP contribution in [0.15, 0.2) is 207 Å². The summed E-state index contributed by atoms with van der Waals surface area (Å²) in [5.41, 5.74) is 0. The Morgan fingerprint density at radius 1 is 0.297 bits per heavy atom. The molecule has 0 aliphatic carbocycles. The van der Waals surface area contributed by atoms with Crippen molar-refractivity contribution < 1.29 is 42.9 Å². The van der Waals surface area contributed by atoms with E-state index in [4.69, 9.17) is 18.9 Å². The Morgan fingerprint density at radius 2 is 0.535 bits per heavy atom. The van der Waals surface area contributed by atoms with Gasteiger partial charge in [-0.3, -0.25) is 9.59 Å². The van der Waals surface area contributed by atoms with Gasteiger partial charge in [-0.25, -0.2) is 0 Å². The lowest BCUT2D eigenvalue weighted by atomic mass is 10.0. The minimum Gasteiger partial charge on any atom is -0.545 e. The zero-order chi connectivity index (χ0) is 73.2. The molecule has 0 aromatic heterocycles. The number of quaternary nitrogens is 1. The molecule has 9 nitrogen and oxygen atoms in total. The standard InChI is InChI=1S/C92H147NO8/c1-6-8-10-12-14-16-18-20-22-24-26-28-30-32-34-36-38-40-42-43-44-45-46-47-49-51-53-55-57-59-61-63-65-67-69-71-73-75-77-79-81-83-90(95)101-88(87-100-92(91(96)97)98-85-84-93(3,4)5)86-99-89(94)82-80-78-76-74-72-70-68-66-64-62-60-58-56-54-52-50-48-41-39-37-35-33-31-29-27-25-23-21-19-17-15-13-11-9-7-2/h8-11,14-17,20-23,26-29,32-35,38,40,43-44,46-47,51,53,57,59,63,65,69,71,88,92H,6-7,12-13,18-19,24-25,30-31,36-37,39,41-42,45,48-50,52,54-56,58,60-62,64,66-68,70,72-87H2,1-5H3/b10-8-,11-9-,16-14-,17-15-,22-20-,23-21-,28-26-,29-27-,34-32-,35-33-,40-38-,44-43-,47-46-,53-51-,59-57-,65-63-,71-69-. The lowest BCUT2D eigenvalue weighted by Gasteiger charge is -2.26. The van der Waals surface area contributed by atoms with Crippen molar-refractivity contribution in [2.75, 3.05) is 47.5 Å². The van der Waals surface area contributed by atoms with Gasteiger partial charge in [0, 0.05) is 12.8 Å². The molecule has 0 bridgehead atoms. The van der Waals surface area contributed by atoms with E-state index in [-0.39, 0.29) is 38.6 Å². The Labute approximate surface area is 620 Å². The van der Waals surface area contributed by atoms with Crippen molar-refractivity contribution in [3.8, 4) is 0 Å². The molecule has 0 aliphatic heterocycles. The van der Waals surface area contributed by atoms with Crippen molar-refractivity contribution in [1.29, 1.82) is 0 Å². The van der Waals surface area contributed by atoms with Crippen LogP contribution < -0.4 is 5.11 Å². The van der Waals surface area contributed by atoms with Gasteiger partial charge >= 0.3 is 11.9 Å². The first-order valence-electron chi connectivity index (χ1n) is 40.2. The van der Waals surface area contributed by atoms with Gasteiger partial charge in [-0.05, 0) is 148 Å². The van der Waals surface area contributed by atoms with Gasteiger partial charge in [0.15, 0.2) is 12.4 Å². The normalized spacial score (nSPS) is 13.8. The van der Waals surface area contributed by atoms with E-state index in [0.717, 1.165) is 154 Å². The minimum absolute atomic E-state index is 0.133. The van der Waals surface area contributed by atoms with E-state index in [1.165, 1.54) is 109 Å². The molecule has 0 aliphatic rings. The molecule has 0 spiro atoms. The fraction of sp³-hybridized carbons (Fsp3) is 0.598. The van der Waals surface area contributed by atoms with Crippen LogP contribution in [0.25, 0.3) is 0 Å². The van der Waals surface area contributed by atoms with E-state index in [2.05, 4.69) is 220 Å². The number of esters is 2. The molecule has 0 aromatic rings. The first kappa shape index (κ1) is 94.9. The molecule has 2 atom stereocenters. The molecule has 0 fully saturated rings. The zero-order valence-electron chi connectivity index (χ0n) is 64.9. The Balaban J connectivity index is 4.16. The topological polar surface area (TPSA) is 111 Å². The maximum Gasteiger partial charge on any atom is 0.306 e. The number of hydrogen-bond donors (Lipinski definition) is 0. The van der Waals surface area contributed by atoms with E-state index in [1.807, 2.05) is 21.1 Å². The number of carbonyl (C=O) groups excluding carboxylic acids is 3. The summed E-state index contributed by atoms with van der Waals surface area (Å²) in [5.74, 6) is -2.33. The summed E-state index contributed by atoms with van der Waals surface area (Å²) in [4.78, 5) is 37.6. The van der Waals surface area contributed by atoms with Gasteiger partial charge in [-0.2, -0.15) is 0 Å². The third-order valence-corrected chi connectivity index (χ3v) is 16.5. The highest BCUT2D eigenvalue weighted by molar-refractivity contribution is 5.70. The summed E-state index contributed by atoms with van der Waals surface area (Å²) in [6.45, 7) is 4.49. The lowest BCUT2D eigenvalue weighted by Crippen LogP contribution is -2.44. The van der Waals surface area contributed by atoms with Crippen LogP contribution in [0, 0.1) is 0 Å². The van der Waals surface area contributed by atoms with Crippen LogP contribution in [-0.2, 0) is 33.3 Å². The largest absolute Gasteiger partial charge is 0.545 e. The van der Waals surface area contributed by atoms with E-state index >= 15 is 0 Å². The number of rotatable bonds is 72. The highest BCUT2D eigenvalue weighted by Crippen LogP contribution is 2.17. The third kappa shape index (κ3) is 81.0. The molecule has 101 heavy (non-hydrogen) atoms. The number of carbonyl (C=O) groups is 3. The van der Waals surface area contributed by atoms with Gasteiger partial charge in [0.2, 0.25) is 0 Å². The number of carboxylic acid groups (broad SMARTS) is 1. The summed E-state index contributed by atoms with van der Waals surface area (Å²) >= 11 is 0. The smallest absolute Gasteiger partial charge is 0.306 e. The first-order chi connectivity index (χ1) is 49.6. The van der Waals surface area contributed by atoms with Gasteiger partial charge in [-0.15, -0.1) is 0 Å². The summed E-state index contributed by atoms with van der Waals surface area (Å²) in [6, 6.07) is 0. The summed E-state index contributed by atoms with van der Waals surface area (Å²) in [6.07, 6.45) is 121. The Hall–Kier alpha value is -6.13. The van der Waals surface area contributed by atoms with Crippen LogP contribution in [0.5, 0.6) is 0 Å². The number of carboxylic acids is 1. The van der Waals surface area contributed by atoms with Crippen molar-refractivity contribution in [3.63, 3.8) is 0 Å². The van der Waals surface area contributed by atoms with Crippen LogP contribution in [0.3, 0.4) is 0 Å². The Morgan fingerprint density at radius 3 is 0.792 bits per heavy atom. The number of nitrogens with zero attached hydrogens (tertiary/aromatic N) is 1. The molecule has 9 heteroatoms. The second-order valence-corrected chi connectivity index (χ2v) is 27.2. The van der Waals surface area contributed by atoms with Crippen LogP contribution in [-0.4, -0.2) is 82.3 Å². The van der Waals surface area contributed by atoms with E-state index in [9.17, 15) is 19.5 Å². The molecule has 0 rings (SSSR count). The fourth-order valence-electron chi connectivity index (χ4n) is 10.5. The summed E-state index contributed by atoms with van der Waals surface area (Å²) in [7, 11) is 5.92. The van der Waals surface area contributed by atoms with Gasteiger partial charge in [0.05, 0.1) is 40.3 Å². The monoisotopic (exact) mass is 1390 g/mol. The summed E-state index contributed by atoms with van der Waals surface area (Å²) in [5, 5.41) is 11.9. The van der Waals surface area contributed by atoms with Crippen molar-refractivity contribution >= 4 is 17.9 Å². The van der Waals surface area contributed by atoms with E-state index < -0.39 is 24.3 Å². The number of ether oxygens (including phenoxy) is 4. The Kier molecular flexibility index (Phi) is 74.7. The van der Waals surface area contributed by atoms with Crippen LogP contribution in [0.2, 0.25) is 0 Å². The van der Waals surface area contributed by atoms with Gasteiger partial charge in [0.25, 0.3) is 0 Å². The first-order valence-corrected chi connectivity index (χ1v) is 40.2. The average Bonchev–Trinajstić information content (AvgIpc) is 1.21. The molecule has 0 heterocycles. The maximum absolute atomic E-state index is 13.0. The number of likely N-dealkylation sites (N-methyl/N-ethyl adjacent to an activating group) is 1. The van der Waals surface area contributed by atoms with Crippen LogP contribution in [0.4, 0.5) is 0 Å². The average molecular weight is 1400 g/mol. The highest BCUT2D eigenvalue weighted by Gasteiger charge is 2.22. The predicted molar refractivity (Wildman–Crippen MR) is 434 cm³/mol. The number of unbranched alkanes of at least 4 members (excludes halogenated alkanes) is 23. The van der Waals surface area contributed by atoms with E-state index in [1.54, 1.807) is 0 Å². The summed E-state index contributed by atoms with van der Waals surface area (Å²) < 4.78 is 22.8. The fourth-order valence-corrected chi connectivity index (χ4v) is 10.5. The van der Waals surface area contributed by atoms with Gasteiger partial charge < -0.3 is 33.3 Å². The van der Waals surface area contributed by atoms with Crippen LogP contribution in [0.1, 0.15) is 296 Å². The highest BCUT2D eigenvalue weighted by atomic mass is 16.7. The molecule has 0 saturated carbocycles. The van der Waals surface area contributed by atoms with Crippen molar-refractivity contribution in [2.45, 2.75) is 309 Å². The molecular formula is C92H147NO8. The molecule has 0 radical (unpaired) electrons. The van der Waals surface area contributed by atoms with Crippen LogP contribution >= 0.6 is 0 Å². The maximum atomic E-state index is 13.0. The second-order valence-electron chi connectivity index (χ2n) is 27.2. The van der Waals surface area contributed by atoms with Gasteiger partial charge in [-0.1, -0.05) is 342 Å². The molecule has 568 valence electrons. The minimum atomic E-state index is -1.64. The number of allylic oxidation sites excluding steroid dienone is 34. The van der Waals surface area contributed by atoms with E-state index in [0.29, 0.717) is 17.4 Å². The van der Waals surface area contributed by atoms with Crippen molar-refractivity contribution in [1.82, 2.24) is 0 Å². The SMILES string of the molecule is CC/C=C\C/C=C\C/C=C\C/C=C\C/C=C\C/C=C\C/C=C\C/C=C\C/C=C\C/C=C\C/C=C\C/C=C\CCCCCCC(=O)OC(COC(=O)CCCCCCCCCCCCCCCCCCCCC/C=C\C/C=C\C/C=C\C/C=C\C/C=C\CC)COC(OCC[N+](C)(C)C)C(=O)[O-]. The molecule has 0 amide bonds. The number of aliphatic carboxylic acids is 1. The second kappa shape index (κ2) is 79.6. The molecule has 0 N–H and O–H groups in total. The zero-order valence-corrected chi connectivity index (χ0v) is 64.9. The van der Waals surface area contributed by atoms with Crippen molar-refractivity contribution in [2.24, 2.45) is 0 Å².